The normalized spacial score (nSPS) is 12.5. The first-order valence-corrected chi connectivity index (χ1v) is 13.7. The highest BCUT2D eigenvalue weighted by molar-refractivity contribution is 14.1. The van der Waals surface area contributed by atoms with Crippen molar-refractivity contribution in [1.29, 1.82) is 0 Å². The zero-order valence-corrected chi connectivity index (χ0v) is 22.8. The van der Waals surface area contributed by atoms with Crippen molar-refractivity contribution in [3.8, 4) is 0 Å². The number of anilines is 1. The minimum absolute atomic E-state index is 0.126. The van der Waals surface area contributed by atoms with Crippen LogP contribution in [0.3, 0.4) is 0 Å². The van der Waals surface area contributed by atoms with Crippen molar-refractivity contribution in [3.05, 3.63) is 91.1 Å². The van der Waals surface area contributed by atoms with E-state index in [1.807, 2.05) is 48.5 Å². The molecule has 0 unspecified atom stereocenters. The van der Waals surface area contributed by atoms with Crippen LogP contribution in [-0.4, -0.2) is 20.4 Å². The van der Waals surface area contributed by atoms with Crippen molar-refractivity contribution >= 4 is 66.8 Å². The first-order valence-electron chi connectivity index (χ1n) is 10.1. The third-order valence-electron chi connectivity index (χ3n) is 4.91. The molecule has 32 heavy (non-hydrogen) atoms. The fourth-order valence-corrected chi connectivity index (χ4v) is 5.32. The molecule has 0 aliphatic rings. The topological polar surface area (TPSA) is 75.3 Å². The van der Waals surface area contributed by atoms with Gasteiger partial charge in [0.1, 0.15) is 6.04 Å². The van der Waals surface area contributed by atoms with Crippen LogP contribution in [0.5, 0.6) is 0 Å². The second-order valence-electron chi connectivity index (χ2n) is 7.69. The van der Waals surface area contributed by atoms with E-state index in [0.29, 0.717) is 5.69 Å². The molecule has 0 aliphatic carbocycles. The zero-order valence-electron chi connectivity index (χ0n) is 17.7. The zero-order chi connectivity index (χ0) is 23.3. The first-order chi connectivity index (χ1) is 15.2. The fourth-order valence-electron chi connectivity index (χ4n) is 3.25. The van der Waals surface area contributed by atoms with E-state index in [4.69, 9.17) is 0 Å². The summed E-state index contributed by atoms with van der Waals surface area (Å²) in [7, 11) is -3.88. The van der Waals surface area contributed by atoms with Gasteiger partial charge in [-0.25, -0.2) is 8.42 Å². The summed E-state index contributed by atoms with van der Waals surface area (Å²) in [5, 5.41) is 2.95. The number of hydrogen-bond donors (Lipinski definition) is 2. The van der Waals surface area contributed by atoms with Crippen LogP contribution < -0.4 is 10.0 Å². The van der Waals surface area contributed by atoms with Crippen LogP contribution in [-0.2, 0) is 21.2 Å². The van der Waals surface area contributed by atoms with Crippen LogP contribution in [0.25, 0.3) is 0 Å². The third kappa shape index (κ3) is 6.75. The molecule has 3 aromatic carbocycles. The molecule has 0 spiro atoms. The number of rotatable bonds is 8. The van der Waals surface area contributed by atoms with Gasteiger partial charge in [0.15, 0.2) is 0 Å². The number of amides is 1. The lowest BCUT2D eigenvalue weighted by atomic mass is 10.0. The summed E-state index contributed by atoms with van der Waals surface area (Å²) < 4.78 is 30.7. The van der Waals surface area contributed by atoms with E-state index < -0.39 is 22.0 Å². The van der Waals surface area contributed by atoms with Gasteiger partial charge >= 0.3 is 0 Å². The van der Waals surface area contributed by atoms with E-state index in [9.17, 15) is 13.2 Å². The maximum Gasteiger partial charge on any atom is 0.242 e. The molecule has 0 fully saturated rings. The molecule has 0 aliphatic heterocycles. The number of sulfonamides is 1. The predicted octanol–water partition coefficient (Wildman–Crippen LogP) is 5.55. The van der Waals surface area contributed by atoms with Crippen LogP contribution in [0.1, 0.15) is 30.9 Å². The summed E-state index contributed by atoms with van der Waals surface area (Å²) in [6.07, 6.45) is 0.234. The van der Waals surface area contributed by atoms with E-state index >= 15 is 0 Å². The highest BCUT2D eigenvalue weighted by atomic mass is 127. The average molecular weight is 674 g/mol. The summed E-state index contributed by atoms with van der Waals surface area (Å²) in [4.78, 5) is 13.4. The summed E-state index contributed by atoms with van der Waals surface area (Å²) in [5.74, 6) is -0.192. The molecule has 168 valence electrons. The van der Waals surface area contributed by atoms with Crippen molar-refractivity contribution in [1.82, 2.24) is 4.72 Å². The fraction of sp³-hybridized carbons (Fsp3) is 0.208. The van der Waals surface area contributed by atoms with Crippen LogP contribution in [0.4, 0.5) is 5.69 Å². The molecule has 3 rings (SSSR count). The standard InChI is InChI=1S/C24H24I2N2O3S/c1-16(2)21-15-19(26)10-13-22(21)27-24(29)23(14-17-6-4-3-5-7-17)28-32(30,31)20-11-8-18(25)9-12-20/h3-13,15-16,23,28H,14H2,1-2H3,(H,27,29)/t23-/m0/s1. The van der Waals surface area contributed by atoms with E-state index in [1.165, 1.54) is 12.1 Å². The van der Waals surface area contributed by atoms with Gasteiger partial charge in [0.25, 0.3) is 0 Å². The average Bonchev–Trinajstić information content (AvgIpc) is 2.75. The Balaban J connectivity index is 1.90. The number of hydrogen-bond acceptors (Lipinski definition) is 3. The maximum atomic E-state index is 13.3. The molecular formula is C24H24I2N2O3S. The molecule has 5 nitrogen and oxygen atoms in total. The van der Waals surface area contributed by atoms with Gasteiger partial charge in [-0.3, -0.25) is 4.79 Å². The van der Waals surface area contributed by atoms with Gasteiger partial charge in [0, 0.05) is 12.8 Å². The van der Waals surface area contributed by atoms with Gasteiger partial charge in [-0.2, -0.15) is 4.72 Å². The lowest BCUT2D eigenvalue weighted by Crippen LogP contribution is -2.45. The minimum atomic E-state index is -3.88. The van der Waals surface area contributed by atoms with Crippen molar-refractivity contribution < 1.29 is 13.2 Å². The van der Waals surface area contributed by atoms with Crippen LogP contribution in [0.15, 0.2) is 77.7 Å². The Kier molecular flexibility index (Phi) is 8.70. The number of benzene rings is 3. The highest BCUT2D eigenvalue weighted by Gasteiger charge is 2.27. The molecule has 0 radical (unpaired) electrons. The first kappa shape index (κ1) is 25.1. The molecule has 0 saturated carbocycles. The molecule has 8 heteroatoms. The second-order valence-corrected chi connectivity index (χ2v) is 11.9. The lowest BCUT2D eigenvalue weighted by molar-refractivity contribution is -0.117. The Hall–Kier alpha value is -1.50. The van der Waals surface area contributed by atoms with Crippen LogP contribution in [0, 0.1) is 7.14 Å². The third-order valence-corrected chi connectivity index (χ3v) is 7.79. The van der Waals surface area contributed by atoms with Crippen LogP contribution >= 0.6 is 45.2 Å². The number of carbonyl (C=O) groups is 1. The van der Waals surface area contributed by atoms with Gasteiger partial charge in [-0.15, -0.1) is 0 Å². The molecule has 0 heterocycles. The van der Waals surface area contributed by atoms with Crippen molar-refractivity contribution in [2.24, 2.45) is 0 Å². The van der Waals surface area contributed by atoms with E-state index in [0.717, 1.165) is 18.3 Å². The van der Waals surface area contributed by atoms with E-state index in [1.54, 1.807) is 12.1 Å². The van der Waals surface area contributed by atoms with E-state index in [2.05, 4.69) is 69.1 Å². The highest BCUT2D eigenvalue weighted by Crippen LogP contribution is 2.26. The maximum absolute atomic E-state index is 13.3. The largest absolute Gasteiger partial charge is 0.324 e. The summed E-state index contributed by atoms with van der Waals surface area (Å²) >= 11 is 4.36. The van der Waals surface area contributed by atoms with Crippen molar-refractivity contribution in [3.63, 3.8) is 0 Å². The number of carbonyl (C=O) groups excluding carboxylic acids is 1. The quantitative estimate of drug-likeness (QED) is 0.308. The summed E-state index contributed by atoms with van der Waals surface area (Å²) in [5.41, 5.74) is 2.56. The Morgan fingerprint density at radius 3 is 2.16 bits per heavy atom. The monoisotopic (exact) mass is 674 g/mol. The van der Waals surface area contributed by atoms with Crippen molar-refractivity contribution in [2.75, 3.05) is 5.32 Å². The van der Waals surface area contributed by atoms with E-state index in [-0.39, 0.29) is 17.2 Å². The van der Waals surface area contributed by atoms with Crippen LogP contribution in [0.2, 0.25) is 0 Å². The molecule has 1 atom stereocenters. The van der Waals surface area contributed by atoms with Gasteiger partial charge in [0.2, 0.25) is 15.9 Å². The summed E-state index contributed by atoms with van der Waals surface area (Å²) in [6, 6.07) is 20.7. The van der Waals surface area contributed by atoms with Gasteiger partial charge in [-0.05, 0) is 111 Å². The second kappa shape index (κ2) is 11.1. The Labute approximate surface area is 216 Å². The molecule has 0 bridgehead atoms. The molecule has 1 amide bonds. The SMILES string of the molecule is CC(C)c1cc(I)ccc1NC(=O)[C@H](Cc1ccccc1)NS(=O)(=O)c1ccc(I)cc1. The number of halogens is 2. The minimum Gasteiger partial charge on any atom is -0.324 e. The summed E-state index contributed by atoms with van der Waals surface area (Å²) in [6.45, 7) is 4.12. The molecule has 2 N–H and O–H groups in total. The Morgan fingerprint density at radius 1 is 0.906 bits per heavy atom. The number of nitrogens with one attached hydrogen (secondary N) is 2. The smallest absolute Gasteiger partial charge is 0.242 e. The Bertz CT molecular complexity index is 1180. The van der Waals surface area contributed by atoms with Gasteiger partial charge in [-0.1, -0.05) is 44.2 Å². The molecule has 0 saturated heterocycles. The molecule has 3 aromatic rings. The molecule has 0 aromatic heterocycles. The lowest BCUT2D eigenvalue weighted by Gasteiger charge is -2.21. The molecular weight excluding hydrogens is 650 g/mol. The van der Waals surface area contributed by atoms with Gasteiger partial charge < -0.3 is 5.32 Å². The Morgan fingerprint density at radius 2 is 1.53 bits per heavy atom. The predicted molar refractivity (Wildman–Crippen MR) is 145 cm³/mol. The van der Waals surface area contributed by atoms with Crippen molar-refractivity contribution in [2.45, 2.75) is 37.1 Å². The van der Waals surface area contributed by atoms with Gasteiger partial charge in [0.05, 0.1) is 4.90 Å².